The third-order valence-corrected chi connectivity index (χ3v) is 5.75. The van der Waals surface area contributed by atoms with Gasteiger partial charge in [0.1, 0.15) is 23.7 Å². The first kappa shape index (κ1) is 15.0. The quantitative estimate of drug-likeness (QED) is 0.901. The molecule has 0 radical (unpaired) electrons. The van der Waals surface area contributed by atoms with Crippen LogP contribution in [-0.2, 0) is 0 Å². The lowest BCUT2D eigenvalue weighted by molar-refractivity contribution is 0.144. The summed E-state index contributed by atoms with van der Waals surface area (Å²) in [4.78, 5) is 3.51. The Bertz CT molecular complexity index is 763. The molecule has 1 aliphatic carbocycles. The molecular formula is C18H21NO3S. The van der Waals surface area contributed by atoms with Gasteiger partial charge >= 0.3 is 0 Å². The second kappa shape index (κ2) is 5.49. The van der Waals surface area contributed by atoms with E-state index in [1.165, 1.54) is 4.91 Å². The average molecular weight is 331 g/mol. The van der Waals surface area contributed by atoms with Crippen molar-refractivity contribution in [1.82, 2.24) is 4.90 Å². The van der Waals surface area contributed by atoms with Gasteiger partial charge in [-0.3, -0.25) is 0 Å². The zero-order chi connectivity index (χ0) is 16.0. The van der Waals surface area contributed by atoms with E-state index in [0.717, 1.165) is 35.3 Å². The van der Waals surface area contributed by atoms with Crippen molar-refractivity contribution in [3.63, 3.8) is 0 Å². The molecule has 4 nitrogen and oxygen atoms in total. The van der Waals surface area contributed by atoms with Gasteiger partial charge in [0.25, 0.3) is 0 Å². The molecule has 1 unspecified atom stereocenters. The second-order valence-electron chi connectivity index (χ2n) is 6.45. The molecule has 1 saturated carbocycles. The van der Waals surface area contributed by atoms with Gasteiger partial charge in [0, 0.05) is 16.5 Å². The summed E-state index contributed by atoms with van der Waals surface area (Å²) >= 11 is 1.82. The molecule has 1 aromatic heterocycles. The summed E-state index contributed by atoms with van der Waals surface area (Å²) < 4.78 is 11.5. The van der Waals surface area contributed by atoms with E-state index in [2.05, 4.69) is 18.0 Å². The first-order valence-electron chi connectivity index (χ1n) is 7.99. The highest BCUT2D eigenvalue weighted by Gasteiger charge is 2.49. The fourth-order valence-electron chi connectivity index (χ4n) is 3.20. The van der Waals surface area contributed by atoms with Crippen LogP contribution < -0.4 is 4.74 Å². The third-order valence-electron chi connectivity index (χ3n) is 4.66. The highest BCUT2D eigenvalue weighted by atomic mass is 32.2. The van der Waals surface area contributed by atoms with Crippen LogP contribution in [0.25, 0.3) is 11.0 Å². The Morgan fingerprint density at radius 2 is 2.22 bits per heavy atom. The van der Waals surface area contributed by atoms with Gasteiger partial charge in [-0.05, 0) is 51.0 Å². The van der Waals surface area contributed by atoms with Gasteiger partial charge in [0.05, 0.1) is 17.5 Å². The summed E-state index contributed by atoms with van der Waals surface area (Å²) in [6.45, 7) is 4.93. The topological polar surface area (TPSA) is 45.8 Å². The molecule has 2 aromatic rings. The molecule has 23 heavy (non-hydrogen) atoms. The van der Waals surface area contributed by atoms with Crippen molar-refractivity contribution < 1.29 is 14.3 Å². The smallest absolute Gasteiger partial charge is 0.134 e. The molecule has 0 saturated heterocycles. The number of ether oxygens (including phenoxy) is 1. The number of hydrogen-bond acceptors (Lipinski definition) is 5. The lowest BCUT2D eigenvalue weighted by Gasteiger charge is -2.30. The summed E-state index contributed by atoms with van der Waals surface area (Å²) in [5.41, 5.74) is 0.879. The van der Waals surface area contributed by atoms with Crippen LogP contribution in [0.2, 0.25) is 0 Å². The van der Waals surface area contributed by atoms with Crippen molar-refractivity contribution in [1.29, 1.82) is 0 Å². The maximum Gasteiger partial charge on any atom is 0.134 e. The summed E-state index contributed by atoms with van der Waals surface area (Å²) in [5.74, 6) is 1.77. The van der Waals surface area contributed by atoms with Crippen molar-refractivity contribution in [3.05, 3.63) is 41.1 Å². The highest BCUT2D eigenvalue weighted by molar-refractivity contribution is 8.03. The molecule has 5 heteroatoms. The van der Waals surface area contributed by atoms with Gasteiger partial charge in [0.2, 0.25) is 0 Å². The molecule has 1 aliphatic heterocycles. The average Bonchev–Trinajstić information content (AvgIpc) is 3.11. The van der Waals surface area contributed by atoms with Crippen molar-refractivity contribution >= 4 is 22.7 Å². The monoisotopic (exact) mass is 331 g/mol. The fourth-order valence-corrected chi connectivity index (χ4v) is 4.34. The number of fused-ring (bicyclic) bond motifs is 1. The van der Waals surface area contributed by atoms with Gasteiger partial charge in [0.15, 0.2) is 0 Å². The normalized spacial score (nSPS) is 22.5. The Hall–Kier alpha value is -1.59. The van der Waals surface area contributed by atoms with Crippen LogP contribution in [0.15, 0.2) is 39.8 Å². The standard InChI is InChI=1S/C18H21NO3S/c1-12-7-14-8-15(3-4-17(14)22-12)21-10-16-9-19(13(2)23-16)18(11-20)5-6-18/h3-4,7-9,13,20H,5-6,10-11H2,1-2H3. The Morgan fingerprint density at radius 1 is 1.39 bits per heavy atom. The Kier molecular flexibility index (Phi) is 3.58. The molecule has 2 heterocycles. The van der Waals surface area contributed by atoms with Crippen LogP contribution in [0, 0.1) is 6.92 Å². The molecule has 2 aliphatic rings. The van der Waals surface area contributed by atoms with Crippen LogP contribution in [0.3, 0.4) is 0 Å². The molecule has 1 fully saturated rings. The molecule has 1 aromatic carbocycles. The zero-order valence-electron chi connectivity index (χ0n) is 13.4. The number of aliphatic hydroxyl groups excluding tert-OH is 1. The molecular weight excluding hydrogens is 310 g/mol. The van der Waals surface area contributed by atoms with Crippen LogP contribution >= 0.6 is 11.8 Å². The molecule has 1 N–H and O–H groups in total. The number of hydrogen-bond donors (Lipinski definition) is 1. The van der Waals surface area contributed by atoms with Gasteiger partial charge in [-0.15, -0.1) is 11.8 Å². The number of benzene rings is 1. The molecule has 4 rings (SSSR count). The summed E-state index contributed by atoms with van der Waals surface area (Å²) in [5, 5.41) is 11.0. The van der Waals surface area contributed by atoms with E-state index in [0.29, 0.717) is 12.0 Å². The van der Waals surface area contributed by atoms with Crippen LogP contribution in [0.1, 0.15) is 25.5 Å². The Balaban J connectivity index is 1.45. The van der Waals surface area contributed by atoms with E-state index >= 15 is 0 Å². The molecule has 0 bridgehead atoms. The largest absolute Gasteiger partial charge is 0.488 e. The summed E-state index contributed by atoms with van der Waals surface area (Å²) in [6, 6.07) is 7.94. The number of aryl methyl sites for hydroxylation is 1. The number of rotatable bonds is 5. The van der Waals surface area contributed by atoms with Crippen molar-refractivity contribution in [2.45, 2.75) is 37.6 Å². The lowest BCUT2D eigenvalue weighted by atomic mass is 10.2. The van der Waals surface area contributed by atoms with E-state index in [1.807, 2.05) is 43.0 Å². The lowest BCUT2D eigenvalue weighted by Crippen LogP contribution is -2.38. The fraction of sp³-hybridized carbons (Fsp3) is 0.444. The summed E-state index contributed by atoms with van der Waals surface area (Å²) in [6.07, 6.45) is 4.32. The molecule has 0 spiro atoms. The van der Waals surface area contributed by atoms with Crippen LogP contribution in [-0.4, -0.2) is 34.1 Å². The number of thioether (sulfide) groups is 1. The van der Waals surface area contributed by atoms with E-state index < -0.39 is 0 Å². The van der Waals surface area contributed by atoms with Crippen LogP contribution in [0.5, 0.6) is 5.75 Å². The predicted octanol–water partition coefficient (Wildman–Crippen LogP) is 3.88. The Morgan fingerprint density at radius 3 is 2.96 bits per heavy atom. The first-order chi connectivity index (χ1) is 11.1. The molecule has 1 atom stereocenters. The second-order valence-corrected chi connectivity index (χ2v) is 7.89. The van der Waals surface area contributed by atoms with Crippen molar-refractivity contribution in [2.75, 3.05) is 13.2 Å². The number of nitrogens with zero attached hydrogens (tertiary/aromatic N) is 1. The maximum atomic E-state index is 9.61. The molecule has 0 amide bonds. The SMILES string of the molecule is Cc1cc2cc(OCC3=CN(C4(CO)CC4)C(C)S3)ccc2o1. The van der Waals surface area contributed by atoms with Gasteiger partial charge in [-0.2, -0.15) is 0 Å². The van der Waals surface area contributed by atoms with Crippen LogP contribution in [0.4, 0.5) is 0 Å². The first-order valence-corrected chi connectivity index (χ1v) is 8.87. The summed E-state index contributed by atoms with van der Waals surface area (Å²) in [7, 11) is 0. The van der Waals surface area contributed by atoms with Gasteiger partial charge < -0.3 is 19.2 Å². The zero-order valence-corrected chi connectivity index (χ0v) is 14.2. The van der Waals surface area contributed by atoms with Crippen molar-refractivity contribution in [3.8, 4) is 5.75 Å². The van der Waals surface area contributed by atoms with E-state index in [1.54, 1.807) is 0 Å². The Labute approximate surface area is 140 Å². The van der Waals surface area contributed by atoms with Gasteiger partial charge in [-0.25, -0.2) is 0 Å². The van der Waals surface area contributed by atoms with Crippen molar-refractivity contribution in [2.24, 2.45) is 0 Å². The predicted molar refractivity (Wildman–Crippen MR) is 92.5 cm³/mol. The third kappa shape index (κ3) is 2.72. The maximum absolute atomic E-state index is 9.61. The minimum atomic E-state index is -0.0125. The van der Waals surface area contributed by atoms with E-state index in [4.69, 9.17) is 9.15 Å². The van der Waals surface area contributed by atoms with Gasteiger partial charge in [-0.1, -0.05) is 0 Å². The minimum absolute atomic E-state index is 0.0125. The van der Waals surface area contributed by atoms with E-state index in [9.17, 15) is 5.11 Å². The minimum Gasteiger partial charge on any atom is -0.488 e. The highest BCUT2D eigenvalue weighted by Crippen LogP contribution is 2.48. The number of furan rings is 1. The van der Waals surface area contributed by atoms with E-state index in [-0.39, 0.29) is 12.1 Å². The number of aliphatic hydroxyl groups is 1. The molecule has 122 valence electrons.